The SMILES string of the molecule is COc1cc(N2C(=O)C(C)NC2=S)ccc1NC(=O)OC(C)(C)C. The van der Waals surface area contributed by atoms with Gasteiger partial charge in [-0.25, -0.2) is 4.79 Å². The van der Waals surface area contributed by atoms with Crippen molar-refractivity contribution in [3.8, 4) is 5.75 Å². The van der Waals surface area contributed by atoms with Crippen LogP contribution < -0.4 is 20.3 Å². The smallest absolute Gasteiger partial charge is 0.412 e. The number of thiocarbonyl (C=S) groups is 1. The Hall–Kier alpha value is -2.35. The summed E-state index contributed by atoms with van der Waals surface area (Å²) < 4.78 is 10.5. The number of methoxy groups -OCH3 is 1. The summed E-state index contributed by atoms with van der Waals surface area (Å²) in [6.45, 7) is 7.08. The average Bonchev–Trinajstić information content (AvgIpc) is 2.71. The molecule has 1 aromatic carbocycles. The summed E-state index contributed by atoms with van der Waals surface area (Å²) in [5, 5.41) is 5.87. The van der Waals surface area contributed by atoms with E-state index in [0.29, 0.717) is 22.2 Å². The third-order valence-corrected chi connectivity index (χ3v) is 3.51. The fourth-order valence-electron chi connectivity index (χ4n) is 2.19. The van der Waals surface area contributed by atoms with Crippen LogP contribution in [-0.2, 0) is 9.53 Å². The lowest BCUT2D eigenvalue weighted by molar-refractivity contribution is -0.117. The zero-order valence-corrected chi connectivity index (χ0v) is 15.1. The molecule has 1 fully saturated rings. The molecule has 7 nitrogen and oxygen atoms in total. The summed E-state index contributed by atoms with van der Waals surface area (Å²) >= 11 is 5.18. The highest BCUT2D eigenvalue weighted by Gasteiger charge is 2.33. The fraction of sp³-hybridized carbons (Fsp3) is 0.438. The van der Waals surface area contributed by atoms with E-state index in [1.807, 2.05) is 0 Å². The molecule has 0 radical (unpaired) electrons. The van der Waals surface area contributed by atoms with Crippen LogP contribution in [0, 0.1) is 0 Å². The maximum atomic E-state index is 12.2. The third kappa shape index (κ3) is 3.94. The molecule has 2 amide bonds. The molecule has 0 aliphatic carbocycles. The van der Waals surface area contributed by atoms with E-state index in [9.17, 15) is 9.59 Å². The summed E-state index contributed by atoms with van der Waals surface area (Å²) in [6, 6.07) is 4.58. The molecule has 0 saturated carbocycles. The molecule has 1 aliphatic heterocycles. The van der Waals surface area contributed by atoms with E-state index >= 15 is 0 Å². The van der Waals surface area contributed by atoms with Crippen molar-refractivity contribution in [1.29, 1.82) is 0 Å². The molecular formula is C16H21N3O4S. The largest absolute Gasteiger partial charge is 0.494 e. The van der Waals surface area contributed by atoms with Crippen molar-refractivity contribution in [1.82, 2.24) is 5.32 Å². The minimum atomic E-state index is -0.604. The van der Waals surface area contributed by atoms with E-state index in [1.165, 1.54) is 12.0 Å². The first-order valence-electron chi connectivity index (χ1n) is 7.45. The van der Waals surface area contributed by atoms with Gasteiger partial charge in [-0.1, -0.05) is 0 Å². The van der Waals surface area contributed by atoms with E-state index < -0.39 is 11.7 Å². The van der Waals surface area contributed by atoms with Gasteiger partial charge in [0.25, 0.3) is 5.91 Å². The molecule has 130 valence electrons. The number of hydrogen-bond donors (Lipinski definition) is 2. The van der Waals surface area contributed by atoms with Gasteiger partial charge in [0, 0.05) is 6.07 Å². The Balaban J connectivity index is 2.24. The monoisotopic (exact) mass is 351 g/mol. The molecule has 0 spiro atoms. The first kappa shape index (κ1) is 18.0. The summed E-state index contributed by atoms with van der Waals surface area (Å²) in [5.41, 5.74) is 0.398. The van der Waals surface area contributed by atoms with Gasteiger partial charge < -0.3 is 14.8 Å². The molecule has 1 aliphatic rings. The lowest BCUT2D eigenvalue weighted by Crippen LogP contribution is -2.30. The maximum absolute atomic E-state index is 12.2. The molecule has 0 bridgehead atoms. The number of carbonyl (C=O) groups is 2. The van der Waals surface area contributed by atoms with Gasteiger partial charge in [0.05, 0.1) is 18.5 Å². The summed E-state index contributed by atoms with van der Waals surface area (Å²) in [4.78, 5) is 25.5. The fourth-order valence-corrected chi connectivity index (χ4v) is 2.56. The molecule has 2 rings (SSSR count). The number of benzene rings is 1. The predicted octanol–water partition coefficient (Wildman–Crippen LogP) is 2.65. The molecule has 24 heavy (non-hydrogen) atoms. The lowest BCUT2D eigenvalue weighted by Gasteiger charge is -2.21. The molecule has 1 heterocycles. The Morgan fingerprint density at radius 1 is 1.38 bits per heavy atom. The van der Waals surface area contributed by atoms with Crippen LogP contribution in [0.5, 0.6) is 5.75 Å². The van der Waals surface area contributed by atoms with Gasteiger partial charge >= 0.3 is 6.09 Å². The van der Waals surface area contributed by atoms with Crippen molar-refractivity contribution < 1.29 is 19.1 Å². The maximum Gasteiger partial charge on any atom is 0.412 e. The van der Waals surface area contributed by atoms with Crippen LogP contribution >= 0.6 is 12.2 Å². The molecule has 1 unspecified atom stereocenters. The van der Waals surface area contributed by atoms with Crippen LogP contribution in [0.3, 0.4) is 0 Å². The second kappa shape index (κ2) is 6.64. The van der Waals surface area contributed by atoms with E-state index in [1.54, 1.807) is 45.9 Å². The number of amides is 2. The lowest BCUT2D eigenvalue weighted by atomic mass is 10.2. The van der Waals surface area contributed by atoms with Crippen molar-refractivity contribution in [3.05, 3.63) is 18.2 Å². The van der Waals surface area contributed by atoms with Gasteiger partial charge in [-0.05, 0) is 52.0 Å². The number of rotatable bonds is 3. The van der Waals surface area contributed by atoms with Gasteiger partial charge in [-0.15, -0.1) is 0 Å². The minimum Gasteiger partial charge on any atom is -0.494 e. The van der Waals surface area contributed by atoms with Crippen LogP contribution in [0.4, 0.5) is 16.2 Å². The van der Waals surface area contributed by atoms with Crippen LogP contribution in [0.25, 0.3) is 0 Å². The molecule has 1 atom stereocenters. The Kier molecular flexibility index (Phi) is 4.98. The Labute approximate surface area is 146 Å². The van der Waals surface area contributed by atoms with Gasteiger partial charge in [-0.3, -0.25) is 15.0 Å². The Morgan fingerprint density at radius 2 is 2.04 bits per heavy atom. The first-order chi connectivity index (χ1) is 11.1. The Morgan fingerprint density at radius 3 is 2.54 bits per heavy atom. The van der Waals surface area contributed by atoms with Crippen LogP contribution in [0.1, 0.15) is 27.7 Å². The van der Waals surface area contributed by atoms with Gasteiger partial charge in [0.15, 0.2) is 5.11 Å². The predicted molar refractivity (Wildman–Crippen MR) is 95.5 cm³/mol. The second-order valence-electron chi connectivity index (χ2n) is 6.36. The number of anilines is 2. The van der Waals surface area contributed by atoms with Crippen molar-refractivity contribution in [2.75, 3.05) is 17.3 Å². The standard InChI is InChI=1S/C16H21N3O4S/c1-9-13(20)19(14(24)17-9)10-6-7-11(12(8-10)22-5)18-15(21)23-16(2,3)4/h6-9H,1-5H3,(H,17,24)(H,18,21). The summed E-state index contributed by atoms with van der Waals surface area (Å²) in [7, 11) is 1.48. The molecule has 1 saturated heterocycles. The average molecular weight is 351 g/mol. The third-order valence-electron chi connectivity index (χ3n) is 3.21. The normalized spacial score (nSPS) is 17.5. The van der Waals surface area contributed by atoms with Crippen LogP contribution in [-0.4, -0.2) is 35.9 Å². The number of ether oxygens (including phenoxy) is 2. The topological polar surface area (TPSA) is 79.9 Å². The van der Waals surface area contributed by atoms with Gasteiger partial charge in [0.2, 0.25) is 0 Å². The molecule has 2 N–H and O–H groups in total. The number of carbonyl (C=O) groups excluding carboxylic acids is 2. The highest BCUT2D eigenvalue weighted by Crippen LogP contribution is 2.31. The Bertz CT molecular complexity index is 684. The quantitative estimate of drug-likeness (QED) is 0.815. The van der Waals surface area contributed by atoms with Crippen molar-refractivity contribution in [2.45, 2.75) is 39.3 Å². The van der Waals surface area contributed by atoms with Crippen molar-refractivity contribution >= 4 is 40.7 Å². The van der Waals surface area contributed by atoms with Crippen molar-refractivity contribution in [2.24, 2.45) is 0 Å². The highest BCUT2D eigenvalue weighted by atomic mass is 32.1. The summed E-state index contributed by atoms with van der Waals surface area (Å²) in [6.07, 6.45) is -0.586. The zero-order valence-electron chi connectivity index (χ0n) is 14.3. The second-order valence-corrected chi connectivity index (χ2v) is 6.74. The molecule has 1 aromatic rings. The molecule has 8 heteroatoms. The number of hydrogen-bond acceptors (Lipinski definition) is 5. The zero-order chi connectivity index (χ0) is 18.1. The number of nitrogens with zero attached hydrogens (tertiary/aromatic N) is 1. The van der Waals surface area contributed by atoms with E-state index in [2.05, 4.69) is 10.6 Å². The van der Waals surface area contributed by atoms with E-state index in [0.717, 1.165) is 0 Å². The van der Waals surface area contributed by atoms with Gasteiger partial charge in [-0.2, -0.15) is 0 Å². The van der Waals surface area contributed by atoms with Gasteiger partial charge in [0.1, 0.15) is 17.4 Å². The van der Waals surface area contributed by atoms with E-state index in [4.69, 9.17) is 21.7 Å². The van der Waals surface area contributed by atoms with Crippen LogP contribution in [0.2, 0.25) is 0 Å². The van der Waals surface area contributed by atoms with Crippen molar-refractivity contribution in [3.63, 3.8) is 0 Å². The molecular weight excluding hydrogens is 330 g/mol. The van der Waals surface area contributed by atoms with Crippen LogP contribution in [0.15, 0.2) is 18.2 Å². The van der Waals surface area contributed by atoms with E-state index in [-0.39, 0.29) is 11.9 Å². The molecule has 0 aromatic heterocycles. The highest BCUT2D eigenvalue weighted by molar-refractivity contribution is 7.80. The first-order valence-corrected chi connectivity index (χ1v) is 7.85. The summed E-state index contributed by atoms with van der Waals surface area (Å²) in [5.74, 6) is 0.253. The number of nitrogens with one attached hydrogen (secondary N) is 2. The minimum absolute atomic E-state index is 0.144.